The Hall–Kier alpha value is -0.220. The van der Waals surface area contributed by atoms with Crippen LogP contribution >= 0.6 is 11.8 Å². The van der Waals surface area contributed by atoms with Crippen LogP contribution in [-0.4, -0.2) is 36.0 Å². The van der Waals surface area contributed by atoms with E-state index in [1.807, 2.05) is 11.8 Å². The maximum absolute atomic E-state index is 10.5. The van der Waals surface area contributed by atoms with Crippen LogP contribution in [0.2, 0.25) is 0 Å². The van der Waals surface area contributed by atoms with E-state index in [1.165, 1.54) is 12.2 Å². The van der Waals surface area contributed by atoms with E-state index in [4.69, 9.17) is 0 Å². The van der Waals surface area contributed by atoms with Gasteiger partial charge in [0.05, 0.1) is 0 Å². The Labute approximate surface area is 84.0 Å². The van der Waals surface area contributed by atoms with E-state index < -0.39 is 0 Å². The Bertz CT molecular complexity index is 175. The van der Waals surface area contributed by atoms with Gasteiger partial charge < -0.3 is 10.6 Å². The lowest BCUT2D eigenvalue weighted by Crippen LogP contribution is -2.36. The minimum absolute atomic E-state index is 0.0518. The van der Waals surface area contributed by atoms with Gasteiger partial charge in [0, 0.05) is 37.1 Å². The van der Waals surface area contributed by atoms with Crippen LogP contribution in [0.4, 0.5) is 0 Å². The Morgan fingerprint density at radius 3 is 2.85 bits per heavy atom. The molecule has 1 fully saturated rings. The van der Waals surface area contributed by atoms with Gasteiger partial charge in [-0.25, -0.2) is 0 Å². The van der Waals surface area contributed by atoms with Gasteiger partial charge in [-0.1, -0.05) is 6.92 Å². The van der Waals surface area contributed by atoms with Gasteiger partial charge in [0.1, 0.15) is 0 Å². The van der Waals surface area contributed by atoms with Crippen molar-refractivity contribution < 1.29 is 4.79 Å². The number of carbonyl (C=O) groups is 1. The molecular weight excluding hydrogens is 184 g/mol. The molecule has 2 unspecified atom stereocenters. The quantitative estimate of drug-likeness (QED) is 0.656. The van der Waals surface area contributed by atoms with E-state index >= 15 is 0 Å². The maximum Gasteiger partial charge on any atom is 0.216 e. The molecule has 4 heteroatoms. The molecule has 13 heavy (non-hydrogen) atoms. The summed E-state index contributed by atoms with van der Waals surface area (Å²) >= 11 is 2.02. The Morgan fingerprint density at radius 1 is 1.54 bits per heavy atom. The van der Waals surface area contributed by atoms with Crippen molar-refractivity contribution in [3.05, 3.63) is 0 Å². The van der Waals surface area contributed by atoms with Crippen molar-refractivity contribution in [2.24, 2.45) is 0 Å². The van der Waals surface area contributed by atoms with Crippen molar-refractivity contribution in [3.8, 4) is 0 Å². The highest BCUT2D eigenvalue weighted by Crippen LogP contribution is 2.25. The summed E-state index contributed by atoms with van der Waals surface area (Å²) in [6.07, 6.45) is 1.25. The molecular formula is C9H18N2OS. The predicted octanol–water partition coefficient (Wildman–Crippen LogP) is 0.606. The molecule has 0 aromatic carbocycles. The normalized spacial score (nSPS) is 27.5. The lowest BCUT2D eigenvalue weighted by molar-refractivity contribution is -0.118. The third kappa shape index (κ3) is 4.52. The van der Waals surface area contributed by atoms with Crippen LogP contribution in [0, 0.1) is 0 Å². The van der Waals surface area contributed by atoms with E-state index in [-0.39, 0.29) is 5.91 Å². The zero-order valence-electron chi connectivity index (χ0n) is 8.30. The van der Waals surface area contributed by atoms with Crippen LogP contribution in [0.25, 0.3) is 0 Å². The summed E-state index contributed by atoms with van der Waals surface area (Å²) in [5.41, 5.74) is 0. The number of nitrogens with one attached hydrogen (secondary N) is 2. The summed E-state index contributed by atoms with van der Waals surface area (Å²) < 4.78 is 0. The summed E-state index contributed by atoms with van der Waals surface area (Å²) in [6, 6.07) is 0.647. The molecule has 1 heterocycles. The first-order valence-corrected chi connectivity index (χ1v) is 5.83. The van der Waals surface area contributed by atoms with Crippen LogP contribution in [0.15, 0.2) is 0 Å². The highest BCUT2D eigenvalue weighted by molar-refractivity contribution is 8.00. The second-order valence-electron chi connectivity index (χ2n) is 3.51. The largest absolute Gasteiger partial charge is 0.355 e. The summed E-state index contributed by atoms with van der Waals surface area (Å²) in [7, 11) is 0. The van der Waals surface area contributed by atoms with Gasteiger partial charge in [-0.2, -0.15) is 11.8 Å². The fraction of sp³-hybridized carbons (Fsp3) is 0.889. The van der Waals surface area contributed by atoms with Crippen molar-refractivity contribution in [3.63, 3.8) is 0 Å². The topological polar surface area (TPSA) is 41.1 Å². The first kappa shape index (κ1) is 10.9. The second kappa shape index (κ2) is 5.50. The monoisotopic (exact) mass is 202 g/mol. The number of thioether (sulfide) groups is 1. The first-order valence-electron chi connectivity index (χ1n) is 4.78. The lowest BCUT2D eigenvalue weighted by Gasteiger charge is -2.11. The van der Waals surface area contributed by atoms with Crippen LogP contribution in [-0.2, 0) is 4.79 Å². The summed E-state index contributed by atoms with van der Waals surface area (Å²) in [6.45, 7) is 5.44. The molecule has 2 N–H and O–H groups in total. The fourth-order valence-electron chi connectivity index (χ4n) is 1.47. The summed E-state index contributed by atoms with van der Waals surface area (Å²) in [5, 5.41) is 6.99. The second-order valence-corrected chi connectivity index (χ2v) is 4.99. The average Bonchev–Trinajstić information content (AvgIpc) is 2.45. The van der Waals surface area contributed by atoms with Crippen LogP contribution in [0.1, 0.15) is 20.3 Å². The highest BCUT2D eigenvalue weighted by atomic mass is 32.2. The Kier molecular flexibility index (Phi) is 4.59. The molecule has 1 amide bonds. The van der Waals surface area contributed by atoms with Crippen LogP contribution < -0.4 is 10.6 Å². The highest BCUT2D eigenvalue weighted by Gasteiger charge is 2.20. The zero-order valence-corrected chi connectivity index (χ0v) is 9.12. The molecule has 0 aromatic heterocycles. The van der Waals surface area contributed by atoms with Gasteiger partial charge in [-0.15, -0.1) is 0 Å². The van der Waals surface area contributed by atoms with Gasteiger partial charge in [0.2, 0.25) is 5.91 Å². The fourth-order valence-corrected chi connectivity index (χ4v) is 2.66. The van der Waals surface area contributed by atoms with E-state index in [0.717, 1.165) is 18.3 Å². The standard InChI is InChI=1S/C9H18N2OS/c1-7-5-9(6-13-7)11-4-3-10-8(2)12/h7,9,11H,3-6H2,1-2H3,(H,10,12). The van der Waals surface area contributed by atoms with Crippen molar-refractivity contribution in [2.75, 3.05) is 18.8 Å². The Morgan fingerprint density at radius 2 is 2.31 bits per heavy atom. The molecule has 1 saturated heterocycles. The zero-order chi connectivity index (χ0) is 9.68. The number of rotatable bonds is 4. The van der Waals surface area contributed by atoms with Gasteiger partial charge in [0.15, 0.2) is 0 Å². The van der Waals surface area contributed by atoms with E-state index in [0.29, 0.717) is 6.04 Å². The predicted molar refractivity (Wildman–Crippen MR) is 57.0 cm³/mol. The average molecular weight is 202 g/mol. The minimum atomic E-state index is 0.0518. The van der Waals surface area contributed by atoms with E-state index in [9.17, 15) is 4.79 Å². The molecule has 1 aliphatic heterocycles. The third-order valence-corrected chi connectivity index (χ3v) is 3.49. The van der Waals surface area contributed by atoms with Gasteiger partial charge in [-0.3, -0.25) is 4.79 Å². The van der Waals surface area contributed by atoms with Crippen molar-refractivity contribution in [1.29, 1.82) is 0 Å². The maximum atomic E-state index is 10.5. The Balaban J connectivity index is 1.97. The number of hydrogen-bond acceptors (Lipinski definition) is 3. The minimum Gasteiger partial charge on any atom is -0.355 e. The molecule has 0 saturated carbocycles. The van der Waals surface area contributed by atoms with Gasteiger partial charge in [-0.05, 0) is 6.42 Å². The van der Waals surface area contributed by atoms with Crippen LogP contribution in [0.3, 0.4) is 0 Å². The number of carbonyl (C=O) groups excluding carboxylic acids is 1. The number of hydrogen-bond donors (Lipinski definition) is 2. The molecule has 76 valence electrons. The van der Waals surface area contributed by atoms with Gasteiger partial charge >= 0.3 is 0 Å². The molecule has 0 bridgehead atoms. The molecule has 0 aromatic rings. The van der Waals surface area contributed by atoms with Crippen LogP contribution in [0.5, 0.6) is 0 Å². The first-order chi connectivity index (χ1) is 6.18. The van der Waals surface area contributed by atoms with E-state index in [1.54, 1.807) is 6.92 Å². The smallest absolute Gasteiger partial charge is 0.216 e. The molecule has 3 nitrogen and oxygen atoms in total. The van der Waals surface area contributed by atoms with Crippen molar-refractivity contribution in [2.45, 2.75) is 31.6 Å². The number of amides is 1. The molecule has 0 aliphatic carbocycles. The third-order valence-electron chi connectivity index (χ3n) is 2.13. The summed E-state index contributed by atoms with van der Waals surface area (Å²) in [4.78, 5) is 10.5. The summed E-state index contributed by atoms with van der Waals surface area (Å²) in [5.74, 6) is 1.26. The molecule has 0 spiro atoms. The molecule has 1 aliphatic rings. The molecule has 2 atom stereocenters. The SMILES string of the molecule is CC(=O)NCCNC1CSC(C)C1. The molecule has 1 rings (SSSR count). The van der Waals surface area contributed by atoms with Gasteiger partial charge in [0.25, 0.3) is 0 Å². The van der Waals surface area contributed by atoms with Crippen molar-refractivity contribution in [1.82, 2.24) is 10.6 Å². The van der Waals surface area contributed by atoms with Crippen molar-refractivity contribution >= 4 is 17.7 Å². The molecule has 0 radical (unpaired) electrons. The van der Waals surface area contributed by atoms with E-state index in [2.05, 4.69) is 17.6 Å². The lowest BCUT2D eigenvalue weighted by atomic mass is 10.2.